The molecule has 1 aliphatic carbocycles. The second kappa shape index (κ2) is 8.69. The molecule has 0 aromatic heterocycles. The summed E-state index contributed by atoms with van der Waals surface area (Å²) in [6.07, 6.45) is 3.55. The lowest BCUT2D eigenvalue weighted by Gasteiger charge is -2.29. The topological polar surface area (TPSA) is 108 Å². The van der Waals surface area contributed by atoms with Gasteiger partial charge in [-0.1, -0.05) is 36.4 Å². The summed E-state index contributed by atoms with van der Waals surface area (Å²) < 4.78 is 0. The van der Waals surface area contributed by atoms with Crippen molar-refractivity contribution >= 4 is 23.8 Å². The van der Waals surface area contributed by atoms with Crippen LogP contribution in [0.1, 0.15) is 64.3 Å². The number of benzene rings is 2. The standard InChI is InChI=1S/C25H26N4O4/c30-22-11-10-21(23(31)28-22)29-14-17-9-8-15(12-19(17)24(29)32)13-26-25(33)27-20-7-3-5-16-4-1-2-6-18(16)20/h1-2,4,6,8-9,12,20-21H,3,5,7,10-11,13-14H2,(H2,26,27,33)(H,28,30,31). The van der Waals surface area contributed by atoms with Crippen molar-refractivity contribution in [2.24, 2.45) is 0 Å². The van der Waals surface area contributed by atoms with Crippen LogP contribution in [0, 0.1) is 0 Å². The van der Waals surface area contributed by atoms with Gasteiger partial charge >= 0.3 is 6.03 Å². The lowest BCUT2D eigenvalue weighted by atomic mass is 9.88. The van der Waals surface area contributed by atoms with Gasteiger partial charge in [0.15, 0.2) is 0 Å². The van der Waals surface area contributed by atoms with E-state index in [1.54, 1.807) is 6.07 Å². The fraction of sp³-hybridized carbons (Fsp3) is 0.360. The van der Waals surface area contributed by atoms with Gasteiger partial charge in [-0.05, 0) is 54.0 Å². The van der Waals surface area contributed by atoms with Gasteiger partial charge in [-0.2, -0.15) is 0 Å². The molecule has 3 aliphatic rings. The van der Waals surface area contributed by atoms with Crippen LogP contribution >= 0.6 is 0 Å². The van der Waals surface area contributed by atoms with Gasteiger partial charge in [-0.25, -0.2) is 4.79 Å². The fourth-order valence-corrected chi connectivity index (χ4v) is 5.01. The molecule has 2 aromatic carbocycles. The van der Waals surface area contributed by atoms with E-state index in [1.165, 1.54) is 16.0 Å². The van der Waals surface area contributed by atoms with Gasteiger partial charge in [-0.3, -0.25) is 19.7 Å². The predicted molar refractivity (Wildman–Crippen MR) is 120 cm³/mol. The van der Waals surface area contributed by atoms with Crippen molar-refractivity contribution < 1.29 is 19.2 Å². The minimum absolute atomic E-state index is 0.00127. The minimum atomic E-state index is -0.631. The van der Waals surface area contributed by atoms with Crippen molar-refractivity contribution in [1.29, 1.82) is 0 Å². The quantitative estimate of drug-likeness (QED) is 0.627. The van der Waals surface area contributed by atoms with E-state index in [1.807, 2.05) is 24.3 Å². The summed E-state index contributed by atoms with van der Waals surface area (Å²) in [5.41, 5.74) is 4.66. The molecule has 1 saturated heterocycles. The summed E-state index contributed by atoms with van der Waals surface area (Å²) in [6.45, 7) is 0.634. The van der Waals surface area contributed by atoms with Crippen molar-refractivity contribution in [2.75, 3.05) is 0 Å². The number of hydrogen-bond acceptors (Lipinski definition) is 4. The Labute approximate surface area is 191 Å². The molecule has 2 unspecified atom stereocenters. The Balaban J connectivity index is 1.21. The van der Waals surface area contributed by atoms with Crippen molar-refractivity contribution in [2.45, 2.75) is 57.3 Å². The number of urea groups is 1. The molecule has 170 valence electrons. The first-order chi connectivity index (χ1) is 16.0. The number of rotatable bonds is 4. The van der Waals surface area contributed by atoms with Crippen LogP contribution in [0.15, 0.2) is 42.5 Å². The van der Waals surface area contributed by atoms with Crippen molar-refractivity contribution in [3.63, 3.8) is 0 Å². The molecule has 0 bridgehead atoms. The first-order valence-electron chi connectivity index (χ1n) is 11.4. The van der Waals surface area contributed by atoms with Gasteiger partial charge in [0, 0.05) is 25.1 Å². The first-order valence-corrected chi connectivity index (χ1v) is 11.4. The molecule has 0 spiro atoms. The number of carbonyl (C=O) groups is 4. The predicted octanol–water partition coefficient (Wildman–Crippen LogP) is 2.32. The molecule has 2 heterocycles. The van der Waals surface area contributed by atoms with Crippen LogP contribution in [0.25, 0.3) is 0 Å². The zero-order valence-corrected chi connectivity index (χ0v) is 18.2. The van der Waals surface area contributed by atoms with Gasteiger partial charge < -0.3 is 15.5 Å². The number of aryl methyl sites for hydroxylation is 1. The highest BCUT2D eigenvalue weighted by Crippen LogP contribution is 2.30. The van der Waals surface area contributed by atoms with Crippen molar-refractivity contribution in [3.05, 3.63) is 70.3 Å². The van der Waals surface area contributed by atoms with Crippen LogP contribution in [0.3, 0.4) is 0 Å². The summed E-state index contributed by atoms with van der Waals surface area (Å²) in [5.74, 6) is -0.941. The smallest absolute Gasteiger partial charge is 0.315 e. The number of amides is 5. The molecule has 8 heteroatoms. The maximum absolute atomic E-state index is 13.0. The van der Waals surface area contributed by atoms with Crippen molar-refractivity contribution in [3.8, 4) is 0 Å². The normalized spacial score (nSPS) is 21.8. The highest BCUT2D eigenvalue weighted by atomic mass is 16.2. The van der Waals surface area contributed by atoms with Crippen LogP contribution in [-0.2, 0) is 29.1 Å². The van der Waals surface area contributed by atoms with Crippen LogP contribution < -0.4 is 16.0 Å². The Kier molecular flexibility index (Phi) is 5.58. The molecule has 5 amide bonds. The Morgan fingerprint density at radius 1 is 1.03 bits per heavy atom. The molecule has 8 nitrogen and oxygen atoms in total. The summed E-state index contributed by atoms with van der Waals surface area (Å²) in [7, 11) is 0. The van der Waals surface area contributed by atoms with Crippen LogP contribution in [0.4, 0.5) is 4.79 Å². The third-order valence-corrected chi connectivity index (χ3v) is 6.72. The van der Waals surface area contributed by atoms with E-state index in [4.69, 9.17) is 0 Å². The fourth-order valence-electron chi connectivity index (χ4n) is 5.01. The molecule has 1 fully saturated rings. The van der Waals surface area contributed by atoms with E-state index in [0.29, 0.717) is 25.1 Å². The molecule has 2 aliphatic heterocycles. The Bertz CT molecular complexity index is 1140. The van der Waals surface area contributed by atoms with E-state index in [-0.39, 0.29) is 30.3 Å². The maximum atomic E-state index is 13.0. The minimum Gasteiger partial charge on any atom is -0.334 e. The average molecular weight is 447 g/mol. The molecular weight excluding hydrogens is 420 g/mol. The molecule has 0 radical (unpaired) electrons. The zero-order valence-electron chi connectivity index (χ0n) is 18.2. The Morgan fingerprint density at radius 3 is 2.73 bits per heavy atom. The Morgan fingerprint density at radius 2 is 1.88 bits per heavy atom. The lowest BCUT2D eigenvalue weighted by Crippen LogP contribution is -2.52. The maximum Gasteiger partial charge on any atom is 0.315 e. The van der Waals surface area contributed by atoms with E-state index in [2.05, 4.69) is 28.1 Å². The molecule has 2 atom stereocenters. The largest absolute Gasteiger partial charge is 0.334 e. The zero-order chi connectivity index (χ0) is 22.9. The lowest BCUT2D eigenvalue weighted by molar-refractivity contribution is -0.136. The molecular formula is C25H26N4O4. The van der Waals surface area contributed by atoms with E-state index < -0.39 is 11.9 Å². The number of carbonyl (C=O) groups excluding carboxylic acids is 4. The molecule has 2 aromatic rings. The number of nitrogens with one attached hydrogen (secondary N) is 3. The second-order valence-electron chi connectivity index (χ2n) is 8.86. The number of nitrogens with zero attached hydrogens (tertiary/aromatic N) is 1. The SMILES string of the molecule is O=C1CCC(N2Cc3ccc(CNC(=O)NC4CCCc5ccccc54)cc3C2=O)C(=O)N1. The van der Waals surface area contributed by atoms with E-state index in [9.17, 15) is 19.2 Å². The number of fused-ring (bicyclic) bond motifs is 2. The van der Waals surface area contributed by atoms with Gasteiger partial charge in [0.2, 0.25) is 11.8 Å². The molecule has 0 saturated carbocycles. The Hall–Kier alpha value is -3.68. The summed E-state index contributed by atoms with van der Waals surface area (Å²) in [4.78, 5) is 50.6. The van der Waals surface area contributed by atoms with Gasteiger partial charge in [0.25, 0.3) is 5.91 Å². The molecule has 3 N–H and O–H groups in total. The van der Waals surface area contributed by atoms with E-state index >= 15 is 0 Å². The monoisotopic (exact) mass is 446 g/mol. The summed E-state index contributed by atoms with van der Waals surface area (Å²) in [5, 5.41) is 8.27. The first kappa shape index (κ1) is 21.2. The molecule has 5 rings (SSSR count). The van der Waals surface area contributed by atoms with Gasteiger partial charge in [-0.15, -0.1) is 0 Å². The van der Waals surface area contributed by atoms with E-state index in [0.717, 1.165) is 30.4 Å². The van der Waals surface area contributed by atoms with Gasteiger partial charge in [0.05, 0.1) is 6.04 Å². The van der Waals surface area contributed by atoms with Crippen LogP contribution in [0.5, 0.6) is 0 Å². The van der Waals surface area contributed by atoms with Crippen LogP contribution in [0.2, 0.25) is 0 Å². The average Bonchev–Trinajstić information content (AvgIpc) is 3.13. The van der Waals surface area contributed by atoms with Crippen molar-refractivity contribution in [1.82, 2.24) is 20.9 Å². The number of imide groups is 1. The van der Waals surface area contributed by atoms with Gasteiger partial charge in [0.1, 0.15) is 6.04 Å². The summed E-state index contributed by atoms with van der Waals surface area (Å²) >= 11 is 0. The number of hydrogen-bond donors (Lipinski definition) is 3. The van der Waals surface area contributed by atoms with Crippen LogP contribution in [-0.4, -0.2) is 34.7 Å². The highest BCUT2D eigenvalue weighted by molar-refractivity contribution is 6.05. The second-order valence-corrected chi connectivity index (χ2v) is 8.86. The number of piperidine rings is 1. The third-order valence-electron chi connectivity index (χ3n) is 6.72. The summed E-state index contributed by atoms with van der Waals surface area (Å²) in [6, 6.07) is 12.9. The third kappa shape index (κ3) is 4.20. The highest BCUT2D eigenvalue weighted by Gasteiger charge is 2.39. The molecule has 33 heavy (non-hydrogen) atoms.